The van der Waals surface area contributed by atoms with Gasteiger partial charge in [-0.1, -0.05) is 19.9 Å². The van der Waals surface area contributed by atoms with Crippen LogP contribution in [-0.4, -0.2) is 66.7 Å². The predicted octanol–water partition coefficient (Wildman–Crippen LogP) is 1.04. The Morgan fingerprint density at radius 1 is 1.14 bits per heavy atom. The minimum atomic E-state index is -0.989. The smallest absolute Gasteiger partial charge is 0.268 e. The Hall–Kier alpha value is -3.89. The van der Waals surface area contributed by atoms with Crippen molar-refractivity contribution in [1.29, 1.82) is 0 Å². The van der Waals surface area contributed by atoms with Crippen LogP contribution in [0.1, 0.15) is 50.5 Å². The van der Waals surface area contributed by atoms with Gasteiger partial charge in [0.05, 0.1) is 19.7 Å². The summed E-state index contributed by atoms with van der Waals surface area (Å²) in [6.07, 6.45) is 0.992. The Morgan fingerprint density at radius 2 is 1.89 bits per heavy atom. The van der Waals surface area contributed by atoms with E-state index in [0.717, 1.165) is 5.39 Å². The second-order valence-electron chi connectivity index (χ2n) is 9.71. The highest BCUT2D eigenvalue weighted by molar-refractivity contribution is 6.02. The first-order chi connectivity index (χ1) is 17.6. The number of hydrogen-bond acceptors (Lipinski definition) is 6. The summed E-state index contributed by atoms with van der Waals surface area (Å²) < 4.78 is 5.35. The molecule has 3 atom stereocenters. The first kappa shape index (κ1) is 27.7. The number of methoxy groups -OCH3 is 1. The van der Waals surface area contributed by atoms with Crippen LogP contribution in [0.4, 0.5) is 0 Å². The molecule has 1 saturated heterocycles. The van der Waals surface area contributed by atoms with Crippen LogP contribution in [0.3, 0.4) is 0 Å². The summed E-state index contributed by atoms with van der Waals surface area (Å²) in [6, 6.07) is 5.16. The van der Waals surface area contributed by atoms with Crippen LogP contribution in [-0.2, 0) is 19.2 Å². The Labute approximate surface area is 215 Å². The maximum atomic E-state index is 13.3. The van der Waals surface area contributed by atoms with E-state index in [1.807, 2.05) is 19.9 Å². The summed E-state index contributed by atoms with van der Waals surface area (Å²) in [6.45, 7) is 5.36. The average Bonchev–Trinajstić information content (AvgIpc) is 3.47. The fraction of sp³-hybridized carbons (Fsp3) is 0.500. The molecule has 0 saturated carbocycles. The van der Waals surface area contributed by atoms with Crippen LogP contribution in [0.15, 0.2) is 24.3 Å². The number of rotatable bonds is 12. The van der Waals surface area contributed by atoms with Crippen LogP contribution < -0.4 is 26.0 Å². The van der Waals surface area contributed by atoms with Gasteiger partial charge in [0.25, 0.3) is 5.91 Å². The number of benzene rings is 1. The largest absolute Gasteiger partial charge is 0.496 e. The van der Waals surface area contributed by atoms with Gasteiger partial charge in [0.2, 0.25) is 17.7 Å². The lowest BCUT2D eigenvalue weighted by Crippen LogP contribution is -2.54. The maximum Gasteiger partial charge on any atom is 0.268 e. The van der Waals surface area contributed by atoms with Crippen molar-refractivity contribution in [2.45, 2.75) is 52.1 Å². The van der Waals surface area contributed by atoms with Gasteiger partial charge in [-0.25, -0.2) is 0 Å². The van der Waals surface area contributed by atoms with E-state index in [0.29, 0.717) is 30.7 Å². The lowest BCUT2D eigenvalue weighted by molar-refractivity contribution is -0.131. The standard InChI is InChI=1S/C26H35N5O6/c1-14(2)10-20(31-26(36)21-12-17-18(29-21)6-5-7-23(17)37-4)25(35)30-19(22(33)13-28-15(3)32)11-16-8-9-27-24(16)34/h5-7,12,14,16,19-20,29H,8-11,13H2,1-4H3,(H,27,34)(H,28,32)(H,30,35)(H,31,36)/t16-,19-,20?/m0/s1. The number of fused-ring (bicyclic) bond motifs is 1. The molecule has 1 aromatic heterocycles. The van der Waals surface area contributed by atoms with Gasteiger partial charge in [-0.15, -0.1) is 0 Å². The molecule has 4 amide bonds. The minimum Gasteiger partial charge on any atom is -0.496 e. The highest BCUT2D eigenvalue weighted by atomic mass is 16.5. The fourth-order valence-electron chi connectivity index (χ4n) is 4.40. The molecule has 11 heteroatoms. The maximum absolute atomic E-state index is 13.3. The van der Waals surface area contributed by atoms with Crippen LogP contribution in [0, 0.1) is 11.8 Å². The SMILES string of the molecule is COc1cccc2[nH]c(C(=O)NC(CC(C)C)C(=O)N[C@@H](C[C@@H]3CCNC3=O)C(=O)CNC(C)=O)cc12. The van der Waals surface area contributed by atoms with Gasteiger partial charge >= 0.3 is 0 Å². The molecule has 3 rings (SSSR count). The Kier molecular flexibility index (Phi) is 9.26. The number of aromatic nitrogens is 1. The molecule has 37 heavy (non-hydrogen) atoms. The van der Waals surface area contributed by atoms with Crippen LogP contribution in [0.2, 0.25) is 0 Å². The monoisotopic (exact) mass is 513 g/mol. The normalized spacial score (nSPS) is 16.7. The van der Waals surface area contributed by atoms with E-state index in [2.05, 4.69) is 26.3 Å². The number of ketones is 1. The summed E-state index contributed by atoms with van der Waals surface area (Å²) in [5.41, 5.74) is 0.981. The van der Waals surface area contributed by atoms with E-state index in [1.54, 1.807) is 25.3 Å². The Morgan fingerprint density at radius 3 is 2.51 bits per heavy atom. The molecule has 11 nitrogen and oxygen atoms in total. The number of amides is 4. The Bertz CT molecular complexity index is 1170. The summed E-state index contributed by atoms with van der Waals surface area (Å²) in [7, 11) is 1.55. The topological polar surface area (TPSA) is 158 Å². The fourth-order valence-corrected chi connectivity index (χ4v) is 4.40. The minimum absolute atomic E-state index is 0.0630. The number of carbonyl (C=O) groups excluding carboxylic acids is 5. The zero-order chi connectivity index (χ0) is 27.1. The molecule has 1 unspecified atom stereocenters. The lowest BCUT2D eigenvalue weighted by atomic mass is 9.94. The van der Waals surface area contributed by atoms with Crippen molar-refractivity contribution < 1.29 is 28.7 Å². The first-order valence-corrected chi connectivity index (χ1v) is 12.4. The van der Waals surface area contributed by atoms with Gasteiger partial charge < -0.3 is 31.0 Å². The lowest BCUT2D eigenvalue weighted by Gasteiger charge is -2.25. The second kappa shape index (κ2) is 12.4. The molecule has 2 heterocycles. The molecule has 0 radical (unpaired) electrons. The Balaban J connectivity index is 1.77. The highest BCUT2D eigenvalue weighted by Gasteiger charge is 2.33. The quantitative estimate of drug-likeness (QED) is 0.285. The molecular formula is C26H35N5O6. The van der Waals surface area contributed by atoms with Crippen molar-refractivity contribution in [3.8, 4) is 5.75 Å². The molecule has 0 spiro atoms. The number of carbonyl (C=O) groups is 5. The van der Waals surface area contributed by atoms with Crippen molar-refractivity contribution >= 4 is 40.3 Å². The summed E-state index contributed by atoms with van der Waals surface area (Å²) >= 11 is 0. The number of ether oxygens (including phenoxy) is 1. The average molecular weight is 514 g/mol. The zero-order valence-corrected chi connectivity index (χ0v) is 21.6. The van der Waals surface area contributed by atoms with Crippen LogP contribution in [0.25, 0.3) is 10.9 Å². The number of hydrogen-bond donors (Lipinski definition) is 5. The summed E-state index contributed by atoms with van der Waals surface area (Å²) in [4.78, 5) is 65.8. The van der Waals surface area contributed by atoms with Crippen LogP contribution in [0.5, 0.6) is 5.75 Å². The zero-order valence-electron chi connectivity index (χ0n) is 21.6. The second-order valence-corrected chi connectivity index (χ2v) is 9.71. The van der Waals surface area contributed by atoms with E-state index in [-0.39, 0.29) is 36.4 Å². The number of aromatic amines is 1. The van der Waals surface area contributed by atoms with Crippen molar-refractivity contribution in [1.82, 2.24) is 26.3 Å². The predicted molar refractivity (Wildman–Crippen MR) is 137 cm³/mol. The van der Waals surface area contributed by atoms with Crippen LogP contribution >= 0.6 is 0 Å². The molecule has 1 fully saturated rings. The van der Waals surface area contributed by atoms with Gasteiger partial charge in [0, 0.05) is 30.3 Å². The van der Waals surface area contributed by atoms with Gasteiger partial charge in [0.15, 0.2) is 5.78 Å². The van der Waals surface area contributed by atoms with Crippen molar-refractivity contribution in [3.63, 3.8) is 0 Å². The highest BCUT2D eigenvalue weighted by Crippen LogP contribution is 2.26. The molecule has 0 bridgehead atoms. The number of nitrogens with one attached hydrogen (secondary N) is 5. The first-order valence-electron chi connectivity index (χ1n) is 12.4. The van der Waals surface area contributed by atoms with E-state index in [9.17, 15) is 24.0 Å². The van der Waals surface area contributed by atoms with Gasteiger partial charge in [-0.3, -0.25) is 24.0 Å². The van der Waals surface area contributed by atoms with E-state index in [1.165, 1.54) is 6.92 Å². The molecular weight excluding hydrogens is 478 g/mol. The van der Waals surface area contributed by atoms with E-state index >= 15 is 0 Å². The molecule has 0 aliphatic carbocycles. The summed E-state index contributed by atoms with van der Waals surface area (Å²) in [5.74, 6) is -1.73. The van der Waals surface area contributed by atoms with Crippen molar-refractivity contribution in [2.75, 3.05) is 20.2 Å². The molecule has 1 aromatic carbocycles. The third kappa shape index (κ3) is 7.31. The molecule has 1 aliphatic rings. The van der Waals surface area contributed by atoms with E-state index in [4.69, 9.17) is 4.74 Å². The molecule has 200 valence electrons. The van der Waals surface area contributed by atoms with E-state index < -0.39 is 35.6 Å². The molecule has 1 aliphatic heterocycles. The number of Topliss-reactive ketones (excluding diaryl/α,β-unsaturated/α-hetero) is 1. The third-order valence-electron chi connectivity index (χ3n) is 6.32. The van der Waals surface area contributed by atoms with Crippen molar-refractivity contribution in [2.24, 2.45) is 11.8 Å². The van der Waals surface area contributed by atoms with Crippen molar-refractivity contribution in [3.05, 3.63) is 30.0 Å². The molecule has 5 N–H and O–H groups in total. The summed E-state index contributed by atoms with van der Waals surface area (Å²) in [5, 5.41) is 11.4. The number of H-pyrrole nitrogens is 1. The molecule has 2 aromatic rings. The van der Waals surface area contributed by atoms with Gasteiger partial charge in [0.1, 0.15) is 17.5 Å². The van der Waals surface area contributed by atoms with Gasteiger partial charge in [-0.2, -0.15) is 0 Å². The third-order valence-corrected chi connectivity index (χ3v) is 6.32. The van der Waals surface area contributed by atoms with Gasteiger partial charge in [-0.05, 0) is 43.4 Å².